The maximum absolute atomic E-state index is 13.7. The molecule has 0 atom stereocenters. The molecule has 0 saturated heterocycles. The van der Waals surface area contributed by atoms with Crippen LogP contribution in [0.2, 0.25) is 5.02 Å². The van der Waals surface area contributed by atoms with Crippen molar-refractivity contribution in [2.24, 2.45) is 0 Å². The summed E-state index contributed by atoms with van der Waals surface area (Å²) < 4.78 is 28.1. The molecule has 1 aromatic heterocycles. The molecular formula is C15H9ClF2N2O. The monoisotopic (exact) mass is 306 g/mol. The quantitative estimate of drug-likeness (QED) is 0.727. The van der Waals surface area contributed by atoms with Gasteiger partial charge in [-0.2, -0.15) is 0 Å². The van der Waals surface area contributed by atoms with Crippen molar-refractivity contribution in [3.63, 3.8) is 0 Å². The highest BCUT2D eigenvalue weighted by Gasteiger charge is 2.10. The van der Waals surface area contributed by atoms with Gasteiger partial charge in [-0.25, -0.2) is 13.8 Å². The molecule has 1 heterocycles. The molecule has 0 aliphatic carbocycles. The normalized spacial score (nSPS) is 11.0. The molecule has 0 spiro atoms. The largest absolute Gasteiger partial charge is 0.294 e. The molecule has 0 amide bonds. The Hall–Kier alpha value is -2.27. The molecule has 0 aliphatic rings. The topological polar surface area (TPSA) is 34.9 Å². The van der Waals surface area contributed by atoms with Crippen LogP contribution in [0.3, 0.4) is 0 Å². The minimum atomic E-state index is -0.958. The number of halogens is 3. The van der Waals surface area contributed by atoms with Gasteiger partial charge in [0.1, 0.15) is 0 Å². The summed E-state index contributed by atoms with van der Waals surface area (Å²) in [5, 5.41) is 0.849. The number of aromatic nitrogens is 2. The van der Waals surface area contributed by atoms with Crippen LogP contribution in [0, 0.1) is 11.6 Å². The van der Waals surface area contributed by atoms with Gasteiger partial charge in [-0.1, -0.05) is 23.7 Å². The fraction of sp³-hybridized carbons (Fsp3) is 0.0667. The zero-order valence-electron chi connectivity index (χ0n) is 10.7. The van der Waals surface area contributed by atoms with Crippen molar-refractivity contribution in [1.29, 1.82) is 0 Å². The third-order valence-electron chi connectivity index (χ3n) is 3.16. The van der Waals surface area contributed by atoms with Gasteiger partial charge in [0.15, 0.2) is 11.6 Å². The molecule has 0 radical (unpaired) electrons. The van der Waals surface area contributed by atoms with Gasteiger partial charge in [-0.05, 0) is 24.3 Å². The maximum Gasteiger partial charge on any atom is 0.261 e. The first kappa shape index (κ1) is 13.7. The second-order valence-electron chi connectivity index (χ2n) is 4.55. The van der Waals surface area contributed by atoms with Crippen molar-refractivity contribution < 1.29 is 8.78 Å². The third-order valence-corrected chi connectivity index (χ3v) is 3.39. The van der Waals surface area contributed by atoms with E-state index in [4.69, 9.17) is 11.6 Å². The lowest BCUT2D eigenvalue weighted by molar-refractivity contribution is 0.494. The first-order chi connectivity index (χ1) is 10.1. The van der Waals surface area contributed by atoms with Gasteiger partial charge in [-0.3, -0.25) is 9.36 Å². The van der Waals surface area contributed by atoms with Crippen molar-refractivity contribution in [2.45, 2.75) is 6.54 Å². The SMILES string of the molecule is O=c1c2ccc(Cl)cc2ncn1Cc1cccc(F)c1F. The number of benzene rings is 2. The van der Waals surface area contributed by atoms with E-state index in [-0.39, 0.29) is 17.7 Å². The molecule has 0 bridgehead atoms. The summed E-state index contributed by atoms with van der Waals surface area (Å²) in [6, 6.07) is 8.57. The Balaban J connectivity index is 2.09. The van der Waals surface area contributed by atoms with E-state index in [1.165, 1.54) is 23.0 Å². The summed E-state index contributed by atoms with van der Waals surface area (Å²) in [6.45, 7) is -0.0893. The summed E-state index contributed by atoms with van der Waals surface area (Å²) in [5.41, 5.74) is 0.219. The van der Waals surface area contributed by atoms with E-state index >= 15 is 0 Å². The van der Waals surface area contributed by atoms with Crippen LogP contribution in [0.1, 0.15) is 5.56 Å². The predicted octanol–water partition coefficient (Wildman–Crippen LogP) is 3.38. The Morgan fingerprint density at radius 2 is 2.00 bits per heavy atom. The number of fused-ring (bicyclic) bond motifs is 1. The molecule has 3 aromatic rings. The molecule has 21 heavy (non-hydrogen) atoms. The lowest BCUT2D eigenvalue weighted by atomic mass is 10.2. The molecule has 0 unspecified atom stereocenters. The Labute approximate surface area is 123 Å². The fourth-order valence-electron chi connectivity index (χ4n) is 2.10. The molecule has 0 fully saturated rings. The Bertz CT molecular complexity index is 892. The second-order valence-corrected chi connectivity index (χ2v) is 4.99. The van der Waals surface area contributed by atoms with Gasteiger partial charge in [0.05, 0.1) is 23.8 Å². The van der Waals surface area contributed by atoms with E-state index in [0.29, 0.717) is 15.9 Å². The number of nitrogens with zero attached hydrogens (tertiary/aromatic N) is 2. The Kier molecular flexibility index (Phi) is 3.43. The van der Waals surface area contributed by atoms with Gasteiger partial charge < -0.3 is 0 Å². The van der Waals surface area contributed by atoms with Gasteiger partial charge in [0, 0.05) is 10.6 Å². The van der Waals surface area contributed by atoms with Gasteiger partial charge in [0.2, 0.25) is 0 Å². The van der Waals surface area contributed by atoms with Crippen LogP contribution in [0.15, 0.2) is 47.5 Å². The molecule has 2 aromatic carbocycles. The number of hydrogen-bond acceptors (Lipinski definition) is 2. The smallest absolute Gasteiger partial charge is 0.261 e. The lowest BCUT2D eigenvalue weighted by Gasteiger charge is -2.08. The summed E-state index contributed by atoms with van der Waals surface area (Å²) in [5.74, 6) is -1.90. The van der Waals surface area contributed by atoms with Gasteiger partial charge in [-0.15, -0.1) is 0 Å². The van der Waals surface area contributed by atoms with Crippen molar-refractivity contribution in [3.05, 3.63) is 75.3 Å². The Morgan fingerprint density at radius 3 is 2.81 bits per heavy atom. The van der Waals surface area contributed by atoms with E-state index in [1.807, 2.05) is 0 Å². The molecule has 0 N–H and O–H groups in total. The van der Waals surface area contributed by atoms with Crippen LogP contribution in [-0.4, -0.2) is 9.55 Å². The highest BCUT2D eigenvalue weighted by Crippen LogP contribution is 2.15. The molecule has 3 rings (SSSR count). The van der Waals surface area contributed by atoms with Crippen molar-refractivity contribution in [3.8, 4) is 0 Å². The van der Waals surface area contributed by atoms with Crippen molar-refractivity contribution >= 4 is 22.5 Å². The lowest BCUT2D eigenvalue weighted by Crippen LogP contribution is -2.21. The Morgan fingerprint density at radius 1 is 1.19 bits per heavy atom. The molecular weight excluding hydrogens is 298 g/mol. The summed E-state index contributed by atoms with van der Waals surface area (Å²) in [4.78, 5) is 16.4. The van der Waals surface area contributed by atoms with Crippen LogP contribution >= 0.6 is 11.6 Å². The summed E-state index contributed by atoms with van der Waals surface area (Å²) in [7, 11) is 0. The highest BCUT2D eigenvalue weighted by molar-refractivity contribution is 6.31. The summed E-state index contributed by atoms with van der Waals surface area (Å²) in [6.07, 6.45) is 1.30. The van der Waals surface area contributed by atoms with E-state index in [0.717, 1.165) is 6.07 Å². The summed E-state index contributed by atoms with van der Waals surface area (Å²) >= 11 is 5.84. The minimum absolute atomic E-state index is 0.0893. The standard InChI is InChI=1S/C15H9ClF2N2O/c16-10-4-5-11-13(6-10)19-8-20(15(11)21)7-9-2-1-3-12(17)14(9)18/h1-6,8H,7H2. The molecule has 6 heteroatoms. The van der Waals surface area contributed by atoms with Crippen LogP contribution in [-0.2, 0) is 6.54 Å². The van der Waals surface area contributed by atoms with E-state index in [9.17, 15) is 13.6 Å². The van der Waals surface area contributed by atoms with Gasteiger partial charge >= 0.3 is 0 Å². The first-order valence-electron chi connectivity index (χ1n) is 6.14. The number of hydrogen-bond donors (Lipinski definition) is 0. The fourth-order valence-corrected chi connectivity index (χ4v) is 2.26. The van der Waals surface area contributed by atoms with Crippen molar-refractivity contribution in [2.75, 3.05) is 0 Å². The second kappa shape index (κ2) is 5.26. The molecule has 0 saturated carbocycles. The third kappa shape index (κ3) is 2.52. The molecule has 3 nitrogen and oxygen atoms in total. The number of rotatable bonds is 2. The van der Waals surface area contributed by atoms with Crippen LogP contribution in [0.4, 0.5) is 8.78 Å². The molecule has 106 valence electrons. The highest BCUT2D eigenvalue weighted by atomic mass is 35.5. The average molecular weight is 307 g/mol. The minimum Gasteiger partial charge on any atom is -0.294 e. The van der Waals surface area contributed by atoms with Gasteiger partial charge in [0.25, 0.3) is 5.56 Å². The molecule has 0 aliphatic heterocycles. The van der Waals surface area contributed by atoms with E-state index in [2.05, 4.69) is 4.98 Å². The van der Waals surface area contributed by atoms with E-state index in [1.54, 1.807) is 18.2 Å². The van der Waals surface area contributed by atoms with Crippen LogP contribution in [0.25, 0.3) is 10.9 Å². The first-order valence-corrected chi connectivity index (χ1v) is 6.51. The van der Waals surface area contributed by atoms with E-state index < -0.39 is 11.6 Å². The average Bonchev–Trinajstić information content (AvgIpc) is 2.46. The predicted molar refractivity (Wildman–Crippen MR) is 76.5 cm³/mol. The zero-order chi connectivity index (χ0) is 15.0. The zero-order valence-corrected chi connectivity index (χ0v) is 11.4. The van der Waals surface area contributed by atoms with Crippen molar-refractivity contribution in [1.82, 2.24) is 9.55 Å². The maximum atomic E-state index is 13.7. The van der Waals surface area contributed by atoms with Crippen LogP contribution in [0.5, 0.6) is 0 Å². The van der Waals surface area contributed by atoms with Crippen LogP contribution < -0.4 is 5.56 Å².